The predicted molar refractivity (Wildman–Crippen MR) is 90.1 cm³/mol. The van der Waals surface area contributed by atoms with E-state index in [1.54, 1.807) is 25.1 Å². The average molecular weight is 349 g/mol. The van der Waals surface area contributed by atoms with Crippen molar-refractivity contribution in [2.75, 3.05) is 13.4 Å². The lowest BCUT2D eigenvalue weighted by Gasteiger charge is -2.15. The molecule has 0 saturated carbocycles. The Bertz CT molecular complexity index is 844. The second kappa shape index (κ2) is 6.92. The Kier molecular flexibility index (Phi) is 5.14. The van der Waals surface area contributed by atoms with Crippen LogP contribution in [-0.4, -0.2) is 32.8 Å². The second-order valence-electron chi connectivity index (χ2n) is 5.42. The fourth-order valence-electron chi connectivity index (χ4n) is 2.19. The third-order valence-electron chi connectivity index (χ3n) is 3.61. The molecule has 0 saturated heterocycles. The number of hydrogen-bond donors (Lipinski definition) is 2. The van der Waals surface area contributed by atoms with E-state index in [9.17, 15) is 18.3 Å². The number of nitrogens with one attached hydrogen (secondary N) is 1. The monoisotopic (exact) mass is 349 g/mol. The van der Waals surface area contributed by atoms with E-state index >= 15 is 0 Å². The van der Waals surface area contributed by atoms with Gasteiger partial charge in [-0.1, -0.05) is 12.1 Å². The first-order chi connectivity index (χ1) is 11.2. The van der Waals surface area contributed by atoms with Crippen LogP contribution in [0.3, 0.4) is 0 Å². The van der Waals surface area contributed by atoms with E-state index in [0.29, 0.717) is 5.75 Å². The minimum Gasteiger partial charge on any atom is -0.507 e. The Hall–Kier alpha value is -2.54. The van der Waals surface area contributed by atoms with Crippen molar-refractivity contribution in [2.45, 2.75) is 17.9 Å². The number of aromatic hydroxyl groups is 1. The van der Waals surface area contributed by atoms with Crippen LogP contribution in [0.5, 0.6) is 11.5 Å². The van der Waals surface area contributed by atoms with Crippen molar-refractivity contribution in [3.05, 3.63) is 53.6 Å². The van der Waals surface area contributed by atoms with Crippen molar-refractivity contribution < 1.29 is 23.1 Å². The fourth-order valence-corrected chi connectivity index (χ4v) is 2.82. The van der Waals surface area contributed by atoms with E-state index in [1.165, 1.54) is 31.4 Å². The zero-order valence-electron chi connectivity index (χ0n) is 13.6. The minimum absolute atomic E-state index is 0.135. The standard InChI is InChI=1S/C17H19NO5S/c1-11(12-4-7-14(8-5-12)24(3,21)22)18-17(20)15-9-6-13(23-2)10-16(15)19/h4-11,19H,1-3H3,(H,18,20)/t11-/m1/s1. The molecular weight excluding hydrogens is 330 g/mol. The van der Waals surface area contributed by atoms with Gasteiger partial charge in [-0.05, 0) is 36.8 Å². The van der Waals surface area contributed by atoms with E-state index in [4.69, 9.17) is 4.74 Å². The van der Waals surface area contributed by atoms with E-state index in [0.717, 1.165) is 11.8 Å². The number of ether oxygens (including phenoxy) is 1. The molecule has 0 aliphatic rings. The lowest BCUT2D eigenvalue weighted by molar-refractivity contribution is 0.0937. The molecule has 2 aromatic rings. The van der Waals surface area contributed by atoms with Crippen molar-refractivity contribution in [3.63, 3.8) is 0 Å². The number of methoxy groups -OCH3 is 1. The molecule has 0 radical (unpaired) electrons. The first-order valence-electron chi connectivity index (χ1n) is 7.20. The summed E-state index contributed by atoms with van der Waals surface area (Å²) in [7, 11) is -1.79. The molecule has 2 rings (SSSR count). The maximum absolute atomic E-state index is 12.3. The van der Waals surface area contributed by atoms with Crippen LogP contribution in [0.2, 0.25) is 0 Å². The summed E-state index contributed by atoms with van der Waals surface area (Å²) in [6.07, 6.45) is 1.14. The molecule has 7 heteroatoms. The zero-order valence-corrected chi connectivity index (χ0v) is 14.4. The summed E-state index contributed by atoms with van der Waals surface area (Å²) in [5.74, 6) is -0.158. The molecule has 24 heavy (non-hydrogen) atoms. The van der Waals surface area contributed by atoms with E-state index in [1.807, 2.05) is 0 Å². The van der Waals surface area contributed by atoms with Gasteiger partial charge in [-0.2, -0.15) is 0 Å². The van der Waals surface area contributed by atoms with Crippen LogP contribution in [-0.2, 0) is 9.84 Å². The van der Waals surface area contributed by atoms with Crippen LogP contribution in [0.15, 0.2) is 47.4 Å². The number of carbonyl (C=O) groups excluding carboxylic acids is 1. The van der Waals surface area contributed by atoms with Crippen LogP contribution in [0, 0.1) is 0 Å². The highest BCUT2D eigenvalue weighted by Crippen LogP contribution is 2.24. The number of amides is 1. The fraction of sp³-hybridized carbons (Fsp3) is 0.235. The molecule has 128 valence electrons. The molecular formula is C17H19NO5S. The van der Waals surface area contributed by atoms with Crippen molar-refractivity contribution >= 4 is 15.7 Å². The van der Waals surface area contributed by atoms with Gasteiger partial charge < -0.3 is 15.2 Å². The SMILES string of the molecule is COc1ccc(C(=O)N[C@H](C)c2ccc(S(C)(=O)=O)cc2)c(O)c1. The highest BCUT2D eigenvalue weighted by Gasteiger charge is 2.16. The van der Waals surface area contributed by atoms with Crippen molar-refractivity contribution in [1.82, 2.24) is 5.32 Å². The van der Waals surface area contributed by atoms with Gasteiger partial charge in [0, 0.05) is 12.3 Å². The molecule has 0 aromatic heterocycles. The predicted octanol–water partition coefficient (Wildman–Crippen LogP) is 2.30. The van der Waals surface area contributed by atoms with Crippen molar-refractivity contribution in [1.29, 1.82) is 0 Å². The summed E-state index contributed by atoms with van der Waals surface area (Å²) in [4.78, 5) is 12.5. The molecule has 1 atom stereocenters. The van der Waals surface area contributed by atoms with Crippen molar-refractivity contribution in [2.24, 2.45) is 0 Å². The largest absolute Gasteiger partial charge is 0.507 e. The zero-order chi connectivity index (χ0) is 17.9. The summed E-state index contributed by atoms with van der Waals surface area (Å²) in [6, 6.07) is 10.4. The molecule has 2 N–H and O–H groups in total. The van der Waals surface area contributed by atoms with Gasteiger partial charge in [-0.25, -0.2) is 8.42 Å². The Balaban J connectivity index is 2.14. The summed E-state index contributed by atoms with van der Waals surface area (Å²) in [5, 5.41) is 12.7. The van der Waals surface area contributed by atoms with Crippen LogP contribution in [0.4, 0.5) is 0 Å². The van der Waals surface area contributed by atoms with E-state index < -0.39 is 15.7 Å². The van der Waals surface area contributed by atoms with E-state index in [2.05, 4.69) is 5.32 Å². The Morgan fingerprint density at radius 3 is 2.29 bits per heavy atom. The molecule has 0 spiro atoms. The van der Waals surface area contributed by atoms with Gasteiger partial charge in [-0.3, -0.25) is 4.79 Å². The number of sulfone groups is 1. The number of hydrogen-bond acceptors (Lipinski definition) is 5. The highest BCUT2D eigenvalue weighted by molar-refractivity contribution is 7.90. The summed E-state index contributed by atoms with van der Waals surface area (Å²) in [5.41, 5.74) is 0.888. The first-order valence-corrected chi connectivity index (χ1v) is 9.09. The number of phenolic OH excluding ortho intramolecular Hbond substituents is 1. The lowest BCUT2D eigenvalue weighted by atomic mass is 10.1. The number of carbonyl (C=O) groups is 1. The van der Waals surface area contributed by atoms with Gasteiger partial charge in [0.05, 0.1) is 23.6 Å². The Labute approximate surface area is 141 Å². The molecule has 0 fully saturated rings. The van der Waals surface area contributed by atoms with Gasteiger partial charge >= 0.3 is 0 Å². The smallest absolute Gasteiger partial charge is 0.255 e. The van der Waals surface area contributed by atoms with Gasteiger partial charge in [0.15, 0.2) is 9.84 Å². The summed E-state index contributed by atoms with van der Waals surface area (Å²) < 4.78 is 27.9. The molecule has 6 nitrogen and oxygen atoms in total. The molecule has 0 unspecified atom stereocenters. The third kappa shape index (κ3) is 4.05. The number of rotatable bonds is 5. The summed E-state index contributed by atoms with van der Waals surface area (Å²) >= 11 is 0. The molecule has 2 aromatic carbocycles. The normalized spacial score (nSPS) is 12.5. The van der Waals surface area contributed by atoms with Crippen LogP contribution in [0.1, 0.15) is 28.9 Å². The molecule has 0 aliphatic heterocycles. The summed E-state index contributed by atoms with van der Waals surface area (Å²) in [6.45, 7) is 1.77. The van der Waals surface area contributed by atoms with Crippen molar-refractivity contribution in [3.8, 4) is 11.5 Å². The first kappa shape index (κ1) is 17.8. The topological polar surface area (TPSA) is 92.7 Å². The Morgan fingerprint density at radius 2 is 1.79 bits per heavy atom. The van der Waals surface area contributed by atoms with Crippen LogP contribution < -0.4 is 10.1 Å². The maximum atomic E-state index is 12.3. The maximum Gasteiger partial charge on any atom is 0.255 e. The lowest BCUT2D eigenvalue weighted by Crippen LogP contribution is -2.26. The molecule has 0 bridgehead atoms. The molecule has 0 heterocycles. The van der Waals surface area contributed by atoms with E-state index in [-0.39, 0.29) is 22.3 Å². The second-order valence-corrected chi connectivity index (χ2v) is 7.44. The Morgan fingerprint density at radius 1 is 1.17 bits per heavy atom. The minimum atomic E-state index is -3.26. The molecule has 1 amide bonds. The number of phenols is 1. The van der Waals surface area contributed by atoms with Gasteiger partial charge in [0.25, 0.3) is 5.91 Å². The highest BCUT2D eigenvalue weighted by atomic mass is 32.2. The van der Waals surface area contributed by atoms with Gasteiger partial charge in [0.2, 0.25) is 0 Å². The van der Waals surface area contributed by atoms with Crippen LogP contribution in [0.25, 0.3) is 0 Å². The third-order valence-corrected chi connectivity index (χ3v) is 4.73. The number of benzene rings is 2. The van der Waals surface area contributed by atoms with Gasteiger partial charge in [-0.15, -0.1) is 0 Å². The van der Waals surface area contributed by atoms with Gasteiger partial charge in [0.1, 0.15) is 11.5 Å². The van der Waals surface area contributed by atoms with Crippen LogP contribution >= 0.6 is 0 Å². The quantitative estimate of drug-likeness (QED) is 0.864. The average Bonchev–Trinajstić information content (AvgIpc) is 2.53. The molecule has 0 aliphatic carbocycles.